The first-order chi connectivity index (χ1) is 7.25. The number of amidine groups is 1. The molecule has 1 saturated heterocycles. The van der Waals surface area contributed by atoms with Crippen LogP contribution >= 0.6 is 0 Å². The molecule has 1 aromatic rings. The van der Waals surface area contributed by atoms with Gasteiger partial charge in [0.15, 0.2) is 0 Å². The molecule has 0 bridgehead atoms. The van der Waals surface area contributed by atoms with Crippen LogP contribution in [0.25, 0.3) is 0 Å². The van der Waals surface area contributed by atoms with E-state index < -0.39 is 0 Å². The first-order valence-electron chi connectivity index (χ1n) is 5.63. The van der Waals surface area contributed by atoms with Crippen LogP contribution in [0.1, 0.15) is 30.4 Å². The van der Waals surface area contributed by atoms with E-state index in [1.54, 1.807) is 0 Å². The Balaban J connectivity index is 2.01. The van der Waals surface area contributed by atoms with Gasteiger partial charge in [-0.1, -0.05) is 29.8 Å². The second-order valence-corrected chi connectivity index (χ2v) is 4.31. The molecular formula is C13H18N2. The second kappa shape index (κ2) is 4.47. The summed E-state index contributed by atoms with van der Waals surface area (Å²) in [5.74, 6) is 0.807. The molecular weight excluding hydrogens is 184 g/mol. The van der Waals surface area contributed by atoms with Crippen molar-refractivity contribution < 1.29 is 0 Å². The minimum Gasteiger partial charge on any atom is -0.356 e. The Morgan fingerprint density at radius 1 is 1.20 bits per heavy atom. The lowest BCUT2D eigenvalue weighted by Crippen LogP contribution is -2.34. The molecule has 0 atom stereocenters. The Labute approximate surface area is 91.4 Å². The summed E-state index contributed by atoms with van der Waals surface area (Å²) in [6, 6.07) is 8.61. The summed E-state index contributed by atoms with van der Waals surface area (Å²) in [7, 11) is 0. The smallest absolute Gasteiger partial charge is 0.0960 e. The van der Waals surface area contributed by atoms with Gasteiger partial charge in [0.2, 0.25) is 0 Å². The Bertz CT molecular complexity index is 340. The van der Waals surface area contributed by atoms with Crippen LogP contribution in [0.2, 0.25) is 0 Å². The van der Waals surface area contributed by atoms with Crippen LogP contribution in [0.3, 0.4) is 0 Å². The molecule has 0 unspecified atom stereocenters. The summed E-state index contributed by atoms with van der Waals surface area (Å²) >= 11 is 0. The monoisotopic (exact) mass is 202 g/mol. The Morgan fingerprint density at radius 3 is 2.60 bits per heavy atom. The topological polar surface area (TPSA) is 27.1 Å². The highest BCUT2D eigenvalue weighted by molar-refractivity contribution is 5.79. The minimum absolute atomic E-state index is 0.807. The number of benzene rings is 1. The molecule has 1 N–H and O–H groups in total. The fourth-order valence-corrected chi connectivity index (χ4v) is 1.98. The fourth-order valence-electron chi connectivity index (χ4n) is 1.98. The summed E-state index contributed by atoms with van der Waals surface area (Å²) in [4.78, 5) is 2.19. The highest BCUT2D eigenvalue weighted by Gasteiger charge is 2.14. The zero-order chi connectivity index (χ0) is 10.7. The van der Waals surface area contributed by atoms with Crippen LogP contribution in [-0.2, 0) is 6.54 Å². The number of nitrogens with zero attached hydrogens (tertiary/aromatic N) is 1. The second-order valence-electron chi connectivity index (χ2n) is 4.31. The third-order valence-electron chi connectivity index (χ3n) is 2.97. The van der Waals surface area contributed by atoms with Gasteiger partial charge in [-0.25, -0.2) is 0 Å². The first kappa shape index (κ1) is 10.2. The molecule has 0 radical (unpaired) electrons. The zero-order valence-electron chi connectivity index (χ0n) is 9.29. The Hall–Kier alpha value is -1.31. The van der Waals surface area contributed by atoms with Crippen molar-refractivity contribution in [1.29, 1.82) is 5.41 Å². The van der Waals surface area contributed by atoms with E-state index in [9.17, 15) is 0 Å². The van der Waals surface area contributed by atoms with Gasteiger partial charge < -0.3 is 4.90 Å². The highest BCUT2D eigenvalue weighted by atomic mass is 15.2. The third kappa shape index (κ3) is 2.58. The molecule has 0 amide bonds. The molecule has 0 aromatic heterocycles. The predicted octanol–water partition coefficient (Wildman–Crippen LogP) is 2.96. The van der Waals surface area contributed by atoms with E-state index >= 15 is 0 Å². The summed E-state index contributed by atoms with van der Waals surface area (Å²) in [5, 5.41) is 7.86. The first-order valence-corrected chi connectivity index (χ1v) is 5.63. The number of aryl methyl sites for hydroxylation is 1. The number of hydrogen-bond donors (Lipinski definition) is 1. The van der Waals surface area contributed by atoms with Crippen molar-refractivity contribution >= 4 is 5.84 Å². The molecule has 80 valence electrons. The van der Waals surface area contributed by atoms with Gasteiger partial charge in [0.1, 0.15) is 0 Å². The summed E-state index contributed by atoms with van der Waals surface area (Å²) in [6.45, 7) is 4.05. The summed E-state index contributed by atoms with van der Waals surface area (Å²) in [6.07, 6.45) is 3.36. The van der Waals surface area contributed by atoms with Gasteiger partial charge in [-0.15, -0.1) is 0 Å². The molecule has 2 rings (SSSR count). The van der Waals surface area contributed by atoms with E-state index in [0.29, 0.717) is 0 Å². The number of hydrogen-bond acceptors (Lipinski definition) is 1. The van der Waals surface area contributed by atoms with Gasteiger partial charge in [-0.2, -0.15) is 0 Å². The average molecular weight is 202 g/mol. The average Bonchev–Trinajstić information content (AvgIpc) is 2.25. The maximum atomic E-state index is 7.86. The van der Waals surface area contributed by atoms with E-state index in [-0.39, 0.29) is 0 Å². The van der Waals surface area contributed by atoms with Crippen molar-refractivity contribution in [2.75, 3.05) is 6.54 Å². The molecule has 0 saturated carbocycles. The SMILES string of the molecule is Cc1ccc(CN2CCCCC2=N)cc1. The van der Waals surface area contributed by atoms with E-state index in [4.69, 9.17) is 5.41 Å². The lowest BCUT2D eigenvalue weighted by molar-refractivity contribution is 0.361. The van der Waals surface area contributed by atoms with E-state index in [1.807, 2.05) is 0 Å². The standard InChI is InChI=1S/C13H18N2/c1-11-5-7-12(8-6-11)10-15-9-3-2-4-13(15)14/h5-8,14H,2-4,9-10H2,1H3. The molecule has 0 spiro atoms. The van der Waals surface area contributed by atoms with Crippen molar-refractivity contribution in [2.24, 2.45) is 0 Å². The van der Waals surface area contributed by atoms with Crippen molar-refractivity contribution in [1.82, 2.24) is 4.90 Å². The van der Waals surface area contributed by atoms with Gasteiger partial charge in [0, 0.05) is 19.5 Å². The van der Waals surface area contributed by atoms with Gasteiger partial charge in [0.05, 0.1) is 5.84 Å². The van der Waals surface area contributed by atoms with Gasteiger partial charge in [0.25, 0.3) is 0 Å². The van der Waals surface area contributed by atoms with Gasteiger partial charge in [-0.05, 0) is 25.3 Å². The lowest BCUT2D eigenvalue weighted by Gasteiger charge is -2.29. The van der Waals surface area contributed by atoms with Crippen molar-refractivity contribution in [3.8, 4) is 0 Å². The Kier molecular flexibility index (Phi) is 3.05. The van der Waals surface area contributed by atoms with Crippen LogP contribution in [0.5, 0.6) is 0 Å². The molecule has 1 heterocycles. The molecule has 2 nitrogen and oxygen atoms in total. The molecule has 1 aliphatic heterocycles. The number of nitrogens with one attached hydrogen (secondary N) is 1. The molecule has 1 aromatic carbocycles. The zero-order valence-corrected chi connectivity index (χ0v) is 9.29. The quantitative estimate of drug-likeness (QED) is 0.784. The van der Waals surface area contributed by atoms with E-state index in [2.05, 4.69) is 36.1 Å². The largest absolute Gasteiger partial charge is 0.356 e. The maximum Gasteiger partial charge on any atom is 0.0960 e. The minimum atomic E-state index is 0.807. The van der Waals surface area contributed by atoms with Crippen LogP contribution in [0.4, 0.5) is 0 Å². The van der Waals surface area contributed by atoms with E-state index in [0.717, 1.165) is 25.3 Å². The van der Waals surface area contributed by atoms with Crippen LogP contribution in [0, 0.1) is 12.3 Å². The number of rotatable bonds is 2. The lowest BCUT2D eigenvalue weighted by atomic mass is 10.1. The van der Waals surface area contributed by atoms with Crippen LogP contribution in [-0.4, -0.2) is 17.3 Å². The summed E-state index contributed by atoms with van der Waals surface area (Å²) < 4.78 is 0. The molecule has 2 heteroatoms. The third-order valence-corrected chi connectivity index (χ3v) is 2.97. The van der Waals surface area contributed by atoms with Gasteiger partial charge >= 0.3 is 0 Å². The predicted molar refractivity (Wildman–Crippen MR) is 63.2 cm³/mol. The normalized spacial score (nSPS) is 16.9. The van der Waals surface area contributed by atoms with Crippen LogP contribution < -0.4 is 0 Å². The van der Waals surface area contributed by atoms with Gasteiger partial charge in [-0.3, -0.25) is 5.41 Å². The molecule has 1 aliphatic rings. The number of likely N-dealkylation sites (tertiary alicyclic amines) is 1. The maximum absolute atomic E-state index is 7.86. The van der Waals surface area contributed by atoms with Crippen molar-refractivity contribution in [3.05, 3.63) is 35.4 Å². The summed E-state index contributed by atoms with van der Waals surface area (Å²) in [5.41, 5.74) is 2.61. The molecule has 15 heavy (non-hydrogen) atoms. The molecule has 0 aliphatic carbocycles. The molecule has 1 fully saturated rings. The number of piperidine rings is 1. The highest BCUT2D eigenvalue weighted by Crippen LogP contribution is 2.14. The Morgan fingerprint density at radius 2 is 1.93 bits per heavy atom. The fraction of sp³-hybridized carbons (Fsp3) is 0.462. The van der Waals surface area contributed by atoms with Crippen molar-refractivity contribution in [3.63, 3.8) is 0 Å². The van der Waals surface area contributed by atoms with E-state index in [1.165, 1.54) is 24.0 Å². The van der Waals surface area contributed by atoms with Crippen molar-refractivity contribution in [2.45, 2.75) is 32.7 Å². The van der Waals surface area contributed by atoms with Crippen LogP contribution in [0.15, 0.2) is 24.3 Å².